The molecule has 1 aromatic carbocycles. The number of nitrogens with one attached hydrogen (secondary N) is 1. The van der Waals surface area contributed by atoms with Crippen molar-refractivity contribution in [1.29, 1.82) is 0 Å². The molecule has 3 heteroatoms. The van der Waals surface area contributed by atoms with Crippen molar-refractivity contribution in [3.05, 3.63) is 34.9 Å². The molecule has 0 saturated carbocycles. The maximum Gasteiger partial charge on any atom is 0.0438 e. The van der Waals surface area contributed by atoms with Gasteiger partial charge in [-0.25, -0.2) is 0 Å². The van der Waals surface area contributed by atoms with E-state index in [1.165, 1.54) is 17.7 Å². The molecule has 0 aliphatic heterocycles. The zero-order chi connectivity index (χ0) is 13.4. The molecule has 18 heavy (non-hydrogen) atoms. The smallest absolute Gasteiger partial charge is 0.0438 e. The Morgan fingerprint density at radius 2 is 2.00 bits per heavy atom. The summed E-state index contributed by atoms with van der Waals surface area (Å²) in [5.74, 6) is 1.90. The zero-order valence-corrected chi connectivity index (χ0v) is 13.2. The van der Waals surface area contributed by atoms with Gasteiger partial charge in [0.2, 0.25) is 0 Å². The molecule has 1 aromatic rings. The molecule has 0 bridgehead atoms. The van der Waals surface area contributed by atoms with Crippen molar-refractivity contribution in [2.24, 2.45) is 5.92 Å². The highest BCUT2D eigenvalue weighted by molar-refractivity contribution is 7.99. The third-order valence-electron chi connectivity index (χ3n) is 2.94. The van der Waals surface area contributed by atoms with Gasteiger partial charge in [-0.3, -0.25) is 0 Å². The molecule has 102 valence electrons. The lowest BCUT2D eigenvalue weighted by molar-refractivity contribution is 0.484. The van der Waals surface area contributed by atoms with E-state index in [1.807, 2.05) is 30.9 Å². The van der Waals surface area contributed by atoms with E-state index in [0.29, 0.717) is 5.92 Å². The normalized spacial score (nSPS) is 12.9. The summed E-state index contributed by atoms with van der Waals surface area (Å²) < 4.78 is 0. The lowest BCUT2D eigenvalue weighted by Gasteiger charge is -2.17. The van der Waals surface area contributed by atoms with Crippen molar-refractivity contribution in [3.63, 3.8) is 0 Å². The first-order valence-electron chi connectivity index (χ1n) is 6.63. The summed E-state index contributed by atoms with van der Waals surface area (Å²) >= 11 is 8.27. The molecule has 0 fully saturated rings. The van der Waals surface area contributed by atoms with Crippen LogP contribution in [0.15, 0.2) is 24.3 Å². The molecule has 0 saturated heterocycles. The van der Waals surface area contributed by atoms with Crippen molar-refractivity contribution in [3.8, 4) is 0 Å². The molecule has 0 radical (unpaired) electrons. The molecule has 0 aliphatic carbocycles. The summed E-state index contributed by atoms with van der Waals surface area (Å²) in [6.07, 6.45) is 2.31. The van der Waals surface area contributed by atoms with E-state index in [-0.39, 0.29) is 0 Å². The van der Waals surface area contributed by atoms with Crippen LogP contribution in [0.1, 0.15) is 25.8 Å². The van der Waals surface area contributed by atoms with E-state index in [1.54, 1.807) is 0 Å². The van der Waals surface area contributed by atoms with E-state index < -0.39 is 0 Å². The van der Waals surface area contributed by atoms with Gasteiger partial charge in [0.15, 0.2) is 0 Å². The minimum Gasteiger partial charge on any atom is -0.319 e. The zero-order valence-electron chi connectivity index (χ0n) is 11.6. The Morgan fingerprint density at radius 3 is 2.61 bits per heavy atom. The first kappa shape index (κ1) is 15.9. The van der Waals surface area contributed by atoms with Crippen LogP contribution in [-0.4, -0.2) is 24.6 Å². The third-order valence-corrected chi connectivity index (χ3v) is 4.44. The van der Waals surface area contributed by atoms with Gasteiger partial charge < -0.3 is 5.32 Å². The summed E-state index contributed by atoms with van der Waals surface area (Å²) in [6.45, 7) is 5.57. The average Bonchev–Trinajstić information content (AvgIpc) is 2.32. The Hall–Kier alpha value is -0.180. The second-order valence-corrected chi connectivity index (χ2v) is 7.02. The van der Waals surface area contributed by atoms with Gasteiger partial charge in [0, 0.05) is 5.02 Å². The van der Waals surface area contributed by atoms with Crippen LogP contribution in [0.2, 0.25) is 5.02 Å². The summed E-state index contributed by atoms with van der Waals surface area (Å²) in [6, 6.07) is 8.19. The van der Waals surface area contributed by atoms with Gasteiger partial charge in [0.25, 0.3) is 0 Å². The highest BCUT2D eigenvalue weighted by Crippen LogP contribution is 2.22. The molecular formula is C15H24ClNS. The fourth-order valence-electron chi connectivity index (χ4n) is 2.01. The number of rotatable bonds is 8. The fraction of sp³-hybridized carbons (Fsp3) is 0.600. The highest BCUT2D eigenvalue weighted by atomic mass is 35.5. The molecule has 1 rings (SSSR count). The Bertz CT molecular complexity index is 341. The van der Waals surface area contributed by atoms with E-state index >= 15 is 0 Å². The number of hydrogen-bond donors (Lipinski definition) is 1. The number of benzene rings is 1. The maximum absolute atomic E-state index is 6.23. The molecule has 0 aliphatic rings. The van der Waals surface area contributed by atoms with Crippen LogP contribution in [0, 0.1) is 5.92 Å². The fourth-order valence-corrected chi connectivity index (χ4v) is 3.16. The highest BCUT2D eigenvalue weighted by Gasteiger charge is 2.11. The minimum atomic E-state index is 0.668. The van der Waals surface area contributed by atoms with Crippen LogP contribution in [0.3, 0.4) is 0 Å². The van der Waals surface area contributed by atoms with Crippen molar-refractivity contribution < 1.29 is 0 Å². The Balaban J connectivity index is 2.49. The Morgan fingerprint density at radius 1 is 1.28 bits per heavy atom. The van der Waals surface area contributed by atoms with Crippen LogP contribution in [-0.2, 0) is 6.42 Å². The van der Waals surface area contributed by atoms with Crippen LogP contribution < -0.4 is 5.32 Å². The van der Waals surface area contributed by atoms with Crippen LogP contribution in [0.4, 0.5) is 0 Å². The summed E-state index contributed by atoms with van der Waals surface area (Å²) in [5.41, 5.74) is 1.27. The van der Waals surface area contributed by atoms with Gasteiger partial charge in [-0.1, -0.05) is 43.6 Å². The molecule has 0 heterocycles. The maximum atomic E-state index is 6.23. The first-order chi connectivity index (χ1) is 8.63. The SMILES string of the molecule is CNCC(CCSC(C)C)Cc1ccccc1Cl. The topological polar surface area (TPSA) is 12.0 Å². The van der Waals surface area contributed by atoms with Gasteiger partial charge in [-0.15, -0.1) is 0 Å². The van der Waals surface area contributed by atoms with E-state index in [9.17, 15) is 0 Å². The Labute approximate surface area is 121 Å². The first-order valence-corrected chi connectivity index (χ1v) is 8.05. The number of halogens is 1. The van der Waals surface area contributed by atoms with Crippen molar-refractivity contribution in [2.75, 3.05) is 19.3 Å². The lowest BCUT2D eigenvalue weighted by atomic mass is 9.97. The molecule has 1 atom stereocenters. The van der Waals surface area contributed by atoms with E-state index in [2.05, 4.69) is 31.3 Å². The summed E-state index contributed by atoms with van der Waals surface area (Å²) in [7, 11) is 2.02. The second kappa shape index (κ2) is 8.84. The third kappa shape index (κ3) is 6.12. The van der Waals surface area contributed by atoms with Gasteiger partial charge in [-0.2, -0.15) is 11.8 Å². The molecule has 1 N–H and O–H groups in total. The van der Waals surface area contributed by atoms with E-state index in [4.69, 9.17) is 11.6 Å². The lowest BCUT2D eigenvalue weighted by Crippen LogP contribution is -2.21. The molecule has 0 spiro atoms. The number of thioether (sulfide) groups is 1. The summed E-state index contributed by atoms with van der Waals surface area (Å²) in [5, 5.41) is 4.91. The molecule has 1 nitrogen and oxygen atoms in total. The van der Waals surface area contributed by atoms with Gasteiger partial charge in [0.05, 0.1) is 0 Å². The standard InChI is InChI=1S/C15H24ClNS/c1-12(2)18-9-8-13(11-17-3)10-14-6-4-5-7-15(14)16/h4-7,12-13,17H,8-11H2,1-3H3. The van der Waals surface area contributed by atoms with Crippen molar-refractivity contribution in [2.45, 2.75) is 31.9 Å². The van der Waals surface area contributed by atoms with Gasteiger partial charge >= 0.3 is 0 Å². The van der Waals surface area contributed by atoms with Gasteiger partial charge in [-0.05, 0) is 55.0 Å². The largest absolute Gasteiger partial charge is 0.319 e. The average molecular weight is 286 g/mol. The molecule has 0 amide bonds. The van der Waals surface area contributed by atoms with Crippen LogP contribution >= 0.6 is 23.4 Å². The van der Waals surface area contributed by atoms with Crippen LogP contribution in [0.5, 0.6) is 0 Å². The minimum absolute atomic E-state index is 0.668. The predicted octanol–water partition coefficient (Wildman–Crippen LogP) is 4.25. The Kier molecular flexibility index (Phi) is 7.80. The summed E-state index contributed by atoms with van der Waals surface area (Å²) in [4.78, 5) is 0. The second-order valence-electron chi connectivity index (χ2n) is 4.93. The van der Waals surface area contributed by atoms with Crippen LogP contribution in [0.25, 0.3) is 0 Å². The monoisotopic (exact) mass is 285 g/mol. The number of hydrogen-bond acceptors (Lipinski definition) is 2. The molecule has 1 unspecified atom stereocenters. The van der Waals surface area contributed by atoms with Crippen molar-refractivity contribution in [1.82, 2.24) is 5.32 Å². The van der Waals surface area contributed by atoms with Gasteiger partial charge in [0.1, 0.15) is 0 Å². The van der Waals surface area contributed by atoms with E-state index in [0.717, 1.165) is 23.2 Å². The quantitative estimate of drug-likeness (QED) is 0.766. The van der Waals surface area contributed by atoms with Crippen molar-refractivity contribution >= 4 is 23.4 Å². The predicted molar refractivity (Wildman–Crippen MR) is 84.8 cm³/mol. The molecule has 0 aromatic heterocycles. The molecular weight excluding hydrogens is 262 g/mol.